The minimum absolute atomic E-state index is 0.0497. The van der Waals surface area contributed by atoms with Crippen molar-refractivity contribution in [2.75, 3.05) is 23.7 Å². The summed E-state index contributed by atoms with van der Waals surface area (Å²) in [6.07, 6.45) is 29.8. The van der Waals surface area contributed by atoms with Crippen LogP contribution in [0.15, 0.2) is 161 Å². The predicted octanol–water partition coefficient (Wildman–Crippen LogP) is 9.44. The van der Waals surface area contributed by atoms with Crippen LogP contribution in [0, 0.1) is 0 Å². The zero-order valence-electron chi connectivity index (χ0n) is 41.3. The van der Waals surface area contributed by atoms with Crippen LogP contribution in [0.1, 0.15) is 88.5 Å². The number of amides is 1. The SMILES string of the molecule is CC1(C)C(/C=C/C=C/C=C2/N(CCCCCC(=O)NCc3ccc(COc4nc(N)nc5nc[nH]c45)cc3)c3ccc(S(=O)(=O)O)cc3C2(C)C)=[N+](CCCC2=C/C=C\C=C/C=C2)c2ccc(S(=O)(=O)O)cc21. The van der Waals surface area contributed by atoms with Crippen LogP contribution in [0.3, 0.4) is 0 Å². The maximum atomic E-state index is 12.9. The van der Waals surface area contributed by atoms with Crippen molar-refractivity contribution in [2.45, 2.75) is 100.0 Å². The number of nitrogens with zero attached hydrogens (tertiary/aromatic N) is 5. The molecule has 0 saturated heterocycles. The minimum Gasteiger partial charge on any atom is -0.471 e. The Morgan fingerprint density at radius 3 is 2.30 bits per heavy atom. The van der Waals surface area contributed by atoms with Crippen LogP contribution in [-0.2, 0) is 49.0 Å². The van der Waals surface area contributed by atoms with Gasteiger partial charge < -0.3 is 25.7 Å². The lowest BCUT2D eigenvalue weighted by Crippen LogP contribution is -2.28. The molecule has 380 valence electrons. The van der Waals surface area contributed by atoms with E-state index < -0.39 is 31.1 Å². The molecular formula is C55H61N8O8S2+. The number of imidazole rings is 1. The van der Waals surface area contributed by atoms with E-state index in [1.807, 2.05) is 113 Å². The van der Waals surface area contributed by atoms with E-state index >= 15 is 0 Å². The van der Waals surface area contributed by atoms with E-state index in [1.165, 1.54) is 24.0 Å². The second kappa shape index (κ2) is 21.8. The molecule has 0 radical (unpaired) electrons. The van der Waals surface area contributed by atoms with Crippen molar-refractivity contribution < 1.29 is 40.0 Å². The Kier molecular flexibility index (Phi) is 15.6. The van der Waals surface area contributed by atoms with E-state index in [9.17, 15) is 30.7 Å². The number of ether oxygens (including phenoxy) is 1. The molecule has 8 rings (SSSR count). The van der Waals surface area contributed by atoms with Gasteiger partial charge in [-0.3, -0.25) is 13.9 Å². The van der Waals surface area contributed by atoms with Gasteiger partial charge in [0.2, 0.25) is 23.4 Å². The highest BCUT2D eigenvalue weighted by Crippen LogP contribution is 2.49. The highest BCUT2D eigenvalue weighted by Gasteiger charge is 2.45. The van der Waals surface area contributed by atoms with Gasteiger partial charge in [-0.1, -0.05) is 105 Å². The molecule has 3 aliphatic rings. The summed E-state index contributed by atoms with van der Waals surface area (Å²) in [7, 11) is -8.87. The molecule has 18 heteroatoms. The average Bonchev–Trinajstić information content (AvgIpc) is 3.95. The van der Waals surface area contributed by atoms with Gasteiger partial charge in [0.05, 0.1) is 21.5 Å². The highest BCUT2D eigenvalue weighted by atomic mass is 32.2. The lowest BCUT2D eigenvalue weighted by atomic mass is 9.81. The summed E-state index contributed by atoms with van der Waals surface area (Å²) in [6.45, 7) is 10.1. The molecule has 2 aromatic heterocycles. The molecule has 0 saturated carbocycles. The van der Waals surface area contributed by atoms with Crippen LogP contribution in [-0.4, -0.2) is 75.2 Å². The summed E-state index contributed by atoms with van der Waals surface area (Å²) in [5.41, 5.74) is 13.8. The number of fused-ring (bicyclic) bond motifs is 3. The molecule has 1 amide bonds. The molecule has 6 N–H and O–H groups in total. The first-order valence-corrected chi connectivity index (χ1v) is 27.1. The number of nitrogens with two attached hydrogens (primary N) is 1. The monoisotopic (exact) mass is 1030 g/mol. The third-order valence-electron chi connectivity index (χ3n) is 13.4. The summed E-state index contributed by atoms with van der Waals surface area (Å²) in [6, 6.07) is 17.2. The first kappa shape index (κ1) is 52.1. The Morgan fingerprint density at radius 1 is 0.822 bits per heavy atom. The molecule has 5 aromatic rings. The number of allylic oxidation sites excluding steroid dienone is 14. The maximum absolute atomic E-state index is 12.9. The molecule has 4 heterocycles. The topological polar surface area (TPSA) is 234 Å². The Balaban J connectivity index is 0.912. The largest absolute Gasteiger partial charge is 0.471 e. The molecular weight excluding hydrogens is 965 g/mol. The number of hydrogen-bond donors (Lipinski definition) is 5. The number of aromatic amines is 1. The summed E-state index contributed by atoms with van der Waals surface area (Å²) in [4.78, 5) is 30.1. The Morgan fingerprint density at radius 2 is 1.53 bits per heavy atom. The summed E-state index contributed by atoms with van der Waals surface area (Å²) in [5, 5.41) is 3.02. The lowest BCUT2D eigenvalue weighted by molar-refractivity contribution is -0.438. The van der Waals surface area contributed by atoms with Gasteiger partial charge in [-0.05, 0) is 91.8 Å². The molecule has 73 heavy (non-hydrogen) atoms. The molecule has 0 bridgehead atoms. The van der Waals surface area contributed by atoms with Gasteiger partial charge >= 0.3 is 0 Å². The highest BCUT2D eigenvalue weighted by molar-refractivity contribution is 7.86. The molecule has 3 aromatic carbocycles. The van der Waals surface area contributed by atoms with Crippen LogP contribution in [0.5, 0.6) is 5.88 Å². The number of carbonyl (C=O) groups is 1. The van der Waals surface area contributed by atoms with Crippen molar-refractivity contribution in [1.82, 2.24) is 25.3 Å². The molecule has 16 nitrogen and oxygen atoms in total. The second-order valence-corrected chi connectivity index (χ2v) is 22.0. The van der Waals surface area contributed by atoms with Gasteiger partial charge in [0.25, 0.3) is 20.2 Å². The first-order valence-electron chi connectivity index (χ1n) is 24.2. The van der Waals surface area contributed by atoms with Crippen LogP contribution in [0.4, 0.5) is 17.3 Å². The summed E-state index contributed by atoms with van der Waals surface area (Å²) >= 11 is 0. The van der Waals surface area contributed by atoms with Gasteiger partial charge in [0.15, 0.2) is 11.4 Å². The van der Waals surface area contributed by atoms with Crippen molar-refractivity contribution in [3.05, 3.63) is 173 Å². The van der Waals surface area contributed by atoms with Crippen molar-refractivity contribution in [2.24, 2.45) is 0 Å². The molecule has 2 aliphatic heterocycles. The average molecular weight is 1030 g/mol. The number of H-pyrrole nitrogens is 1. The fourth-order valence-electron chi connectivity index (χ4n) is 9.54. The number of carbonyl (C=O) groups excluding carboxylic acids is 1. The van der Waals surface area contributed by atoms with E-state index in [0.29, 0.717) is 49.5 Å². The number of unbranched alkanes of at least 4 members (excludes halogenated alkanes) is 2. The first-order chi connectivity index (χ1) is 34.8. The predicted molar refractivity (Wildman–Crippen MR) is 284 cm³/mol. The zero-order chi connectivity index (χ0) is 52.0. The van der Waals surface area contributed by atoms with Crippen molar-refractivity contribution in [3.8, 4) is 5.88 Å². The van der Waals surface area contributed by atoms with E-state index in [2.05, 4.69) is 46.9 Å². The fourth-order valence-corrected chi connectivity index (χ4v) is 10.6. The Hall–Kier alpha value is -7.25. The number of benzene rings is 3. The Bertz CT molecular complexity index is 3400. The van der Waals surface area contributed by atoms with Gasteiger partial charge in [-0.2, -0.15) is 31.4 Å². The van der Waals surface area contributed by atoms with Gasteiger partial charge in [-0.25, -0.2) is 4.98 Å². The van der Waals surface area contributed by atoms with E-state index in [0.717, 1.165) is 70.7 Å². The van der Waals surface area contributed by atoms with Crippen molar-refractivity contribution in [1.29, 1.82) is 0 Å². The fraction of sp³-hybridized carbons (Fsp3) is 0.291. The number of hydrogen-bond acceptors (Lipinski definition) is 11. The number of nitrogen functional groups attached to an aromatic ring is 1. The van der Waals surface area contributed by atoms with Gasteiger partial charge in [0.1, 0.15) is 18.7 Å². The third-order valence-corrected chi connectivity index (χ3v) is 15.1. The van der Waals surface area contributed by atoms with Crippen LogP contribution >= 0.6 is 0 Å². The zero-order valence-corrected chi connectivity index (χ0v) is 43.0. The standard InChI is InChI=1S/C55H60N8O8S2/c1-54(2)43-33-41(72(65,66)67)27-29-45(43)62(31-15-9-14-22-49(64)57-35-39-23-25-40(26-24-39)36-71-52-50-51(59-37-58-50)60-53(56)61-52)47(54)20-12-8-13-21-48-55(3,4)44-34-42(73(68,69)70)28-30-46(44)63(48)32-16-19-38-17-10-6-5-7-11-18-38/h5-8,10-13,17-18,20-21,23-30,33-34,37H,9,14-16,19,22,31-32,35-36H2,1-4H3,(H5-,56,57,58,59,60,61,64,65,66,67,68,69,70)/p+1/b6-5-,7-5?,10-6?,11-7-,17-10?,18-11?,38-17?,38-18?. The molecule has 0 unspecified atom stereocenters. The number of anilines is 2. The van der Waals surface area contributed by atoms with Crippen molar-refractivity contribution >= 4 is 60.3 Å². The molecule has 0 spiro atoms. The molecule has 1 aliphatic carbocycles. The van der Waals surface area contributed by atoms with E-state index in [1.54, 1.807) is 24.3 Å². The number of aromatic nitrogens is 4. The number of rotatable bonds is 20. The van der Waals surface area contributed by atoms with Gasteiger partial charge in [-0.15, -0.1) is 0 Å². The van der Waals surface area contributed by atoms with Crippen LogP contribution in [0.2, 0.25) is 0 Å². The maximum Gasteiger partial charge on any atom is 0.294 e. The normalized spacial score (nSPS) is 17.5. The van der Waals surface area contributed by atoms with Crippen LogP contribution < -0.4 is 20.7 Å². The minimum atomic E-state index is -4.45. The Labute approximate surface area is 426 Å². The lowest BCUT2D eigenvalue weighted by Gasteiger charge is -2.27. The van der Waals surface area contributed by atoms with E-state index in [4.69, 9.17) is 10.5 Å². The third kappa shape index (κ3) is 12.2. The smallest absolute Gasteiger partial charge is 0.294 e. The molecule has 0 fully saturated rings. The second-order valence-electron chi connectivity index (χ2n) is 19.2. The number of nitrogens with one attached hydrogen (secondary N) is 2. The van der Waals surface area contributed by atoms with Crippen LogP contribution in [0.25, 0.3) is 11.2 Å². The molecule has 0 atom stereocenters. The van der Waals surface area contributed by atoms with Crippen molar-refractivity contribution in [3.63, 3.8) is 0 Å². The summed E-state index contributed by atoms with van der Waals surface area (Å²) < 4.78 is 77.0. The quantitative estimate of drug-likeness (QED) is 0.0212. The van der Waals surface area contributed by atoms with Gasteiger partial charge in [0, 0.05) is 60.4 Å². The van der Waals surface area contributed by atoms with E-state index in [-0.39, 0.29) is 28.3 Å². The summed E-state index contributed by atoms with van der Waals surface area (Å²) in [5.74, 6) is 0.338.